The van der Waals surface area contributed by atoms with Crippen LogP contribution in [0.1, 0.15) is 52.4 Å². The molecule has 0 amide bonds. The van der Waals surface area contributed by atoms with E-state index in [4.69, 9.17) is 0 Å². The Balaban J connectivity index is -0.000000241. The van der Waals surface area contributed by atoms with E-state index in [0.717, 1.165) is 26.2 Å². The van der Waals surface area contributed by atoms with Gasteiger partial charge in [0.1, 0.15) is 0 Å². The molecule has 0 saturated carbocycles. The third-order valence-corrected chi connectivity index (χ3v) is 3.12. The minimum absolute atomic E-state index is 0. The Labute approximate surface area is 189 Å². The molecule has 0 spiro atoms. The van der Waals surface area contributed by atoms with Gasteiger partial charge >= 0.3 is 75.4 Å². The average Bonchev–Trinajstić information content (AvgIpc) is 2.37. The van der Waals surface area contributed by atoms with Crippen LogP contribution in [0.25, 0.3) is 10.6 Å². The van der Waals surface area contributed by atoms with Crippen LogP contribution in [0, 0.1) is 25.7 Å². The molecule has 2 atom stereocenters. The first-order chi connectivity index (χ1) is 8.70. The number of hydrogen-bond acceptors (Lipinski definition) is 0. The maximum Gasteiger partial charge on any atom is 1.00 e. The van der Waals surface area contributed by atoms with Gasteiger partial charge in [0.05, 0.1) is 0 Å². The van der Waals surface area contributed by atoms with Crippen LogP contribution in [0.3, 0.4) is 0 Å². The van der Waals surface area contributed by atoms with Gasteiger partial charge in [-0.25, -0.2) is 0 Å². The molecule has 110 valence electrons. The second-order valence-electron chi connectivity index (χ2n) is 5.28. The summed E-state index contributed by atoms with van der Waals surface area (Å²) in [4.78, 5) is 0. The Hall–Kier alpha value is 2.31. The van der Waals surface area contributed by atoms with Crippen LogP contribution in [-0.4, -0.2) is 26.2 Å². The first kappa shape index (κ1) is 35.4. The van der Waals surface area contributed by atoms with Gasteiger partial charge in [-0.2, -0.15) is 38.0 Å². The van der Waals surface area contributed by atoms with Crippen molar-refractivity contribution in [3.63, 3.8) is 0 Å². The third kappa shape index (κ3) is 27.2. The van der Waals surface area contributed by atoms with Gasteiger partial charge in [0.25, 0.3) is 0 Å². The molecule has 0 fully saturated rings. The summed E-state index contributed by atoms with van der Waals surface area (Å²) >= 11 is 0. The minimum atomic E-state index is 0. The summed E-state index contributed by atoms with van der Waals surface area (Å²) in [6.45, 7) is 16.2. The molecule has 0 bridgehead atoms. The zero-order valence-electron chi connectivity index (χ0n) is 16.5. The van der Waals surface area contributed by atoms with Gasteiger partial charge in [-0.3, -0.25) is 0 Å². The largest absolute Gasteiger partial charge is 1.00 e. The van der Waals surface area contributed by atoms with Crippen LogP contribution >= 0.6 is 0 Å². The molecule has 6 heteroatoms. The van der Waals surface area contributed by atoms with E-state index in [1.807, 2.05) is 0 Å². The maximum atomic E-state index is 4.51. The number of nitrogens with zero attached hydrogens (tertiary/aromatic N) is 2. The van der Waals surface area contributed by atoms with Crippen molar-refractivity contribution in [3.8, 4) is 0 Å². The summed E-state index contributed by atoms with van der Waals surface area (Å²) in [5, 5.41) is 9.01. The molecule has 0 aromatic heterocycles. The van der Waals surface area contributed by atoms with E-state index in [-0.39, 0.29) is 75.4 Å². The zero-order chi connectivity index (χ0) is 13.6. The summed E-state index contributed by atoms with van der Waals surface area (Å²) in [7, 11) is 0. The summed E-state index contributed by atoms with van der Waals surface area (Å²) in [6, 6.07) is 0. The Morgan fingerprint density at radius 2 is 1.00 bits per heavy atom. The molecular formula is C16H32Li4N2. The van der Waals surface area contributed by atoms with Crippen molar-refractivity contribution in [1.82, 2.24) is 0 Å². The molecule has 0 aliphatic carbocycles. The normalized spacial score (nSPS) is 12.0. The first-order valence-electron chi connectivity index (χ1n) is 7.63. The summed E-state index contributed by atoms with van der Waals surface area (Å²) in [5.41, 5.74) is 0. The summed E-state index contributed by atoms with van der Waals surface area (Å²) < 4.78 is 0. The van der Waals surface area contributed by atoms with Gasteiger partial charge in [0, 0.05) is 0 Å². The van der Waals surface area contributed by atoms with Crippen molar-refractivity contribution in [2.45, 2.75) is 52.4 Å². The summed E-state index contributed by atoms with van der Waals surface area (Å²) in [5.74, 6) is 0.991. The number of rotatable bonds is 13. The molecule has 0 aromatic carbocycles. The molecule has 0 aromatic rings. The van der Waals surface area contributed by atoms with E-state index in [9.17, 15) is 0 Å². The first-order valence-corrected chi connectivity index (χ1v) is 7.63. The van der Waals surface area contributed by atoms with Crippen molar-refractivity contribution in [3.05, 3.63) is 24.5 Å². The van der Waals surface area contributed by atoms with E-state index >= 15 is 0 Å². The SMILES string of the molecule is [CH2-]C(CCCC)C[N-]CC[N-]CC([CH2-])CCCC.[Li+].[Li+].[Li+].[Li+]. The van der Waals surface area contributed by atoms with Crippen molar-refractivity contribution in [1.29, 1.82) is 0 Å². The molecule has 0 aliphatic rings. The van der Waals surface area contributed by atoms with Gasteiger partial charge < -0.3 is 24.5 Å². The topological polar surface area (TPSA) is 28.2 Å². The molecule has 0 rings (SSSR count). The smallest absolute Gasteiger partial charge is 0.665 e. The average molecular weight is 280 g/mol. The molecule has 22 heavy (non-hydrogen) atoms. The van der Waals surface area contributed by atoms with Gasteiger partial charge in [-0.15, -0.1) is 0 Å². The van der Waals surface area contributed by atoms with E-state index in [0.29, 0.717) is 11.8 Å². The van der Waals surface area contributed by atoms with Gasteiger partial charge in [0.2, 0.25) is 0 Å². The quantitative estimate of drug-likeness (QED) is 0.182. The second kappa shape index (κ2) is 28.1. The molecule has 2 unspecified atom stereocenters. The summed E-state index contributed by atoms with van der Waals surface area (Å²) in [6.07, 6.45) is 7.46. The van der Waals surface area contributed by atoms with Gasteiger partial charge in [-0.05, 0) is 0 Å². The monoisotopic (exact) mass is 280 g/mol. The van der Waals surface area contributed by atoms with E-state index in [1.54, 1.807) is 0 Å². The fourth-order valence-electron chi connectivity index (χ4n) is 1.86. The third-order valence-electron chi connectivity index (χ3n) is 3.12. The predicted octanol–water partition coefficient (Wildman–Crippen LogP) is -6.97. The second-order valence-corrected chi connectivity index (χ2v) is 5.28. The van der Waals surface area contributed by atoms with Crippen LogP contribution < -0.4 is 75.4 Å². The Morgan fingerprint density at radius 3 is 1.27 bits per heavy atom. The number of hydrogen-bond donors (Lipinski definition) is 0. The van der Waals surface area contributed by atoms with Gasteiger partial charge in [0.15, 0.2) is 0 Å². The van der Waals surface area contributed by atoms with Gasteiger partial charge in [-0.1, -0.05) is 52.4 Å². The molecule has 0 N–H and O–H groups in total. The van der Waals surface area contributed by atoms with Crippen LogP contribution in [0.5, 0.6) is 0 Å². The van der Waals surface area contributed by atoms with E-state index < -0.39 is 0 Å². The van der Waals surface area contributed by atoms with E-state index in [1.165, 1.54) is 38.5 Å². The fraction of sp³-hybridized carbons (Fsp3) is 0.875. The molecule has 0 radical (unpaired) electrons. The van der Waals surface area contributed by atoms with Crippen molar-refractivity contribution < 1.29 is 75.4 Å². The van der Waals surface area contributed by atoms with Crippen LogP contribution in [-0.2, 0) is 0 Å². The van der Waals surface area contributed by atoms with Crippen molar-refractivity contribution in [2.24, 2.45) is 11.8 Å². The van der Waals surface area contributed by atoms with E-state index in [2.05, 4.69) is 38.3 Å². The molecule has 2 nitrogen and oxygen atoms in total. The molecule has 0 heterocycles. The molecule has 0 saturated heterocycles. The van der Waals surface area contributed by atoms with Crippen LogP contribution in [0.4, 0.5) is 0 Å². The minimum Gasteiger partial charge on any atom is -0.665 e. The molecule has 0 aliphatic heterocycles. The predicted molar refractivity (Wildman–Crippen MR) is 82.9 cm³/mol. The molecular weight excluding hydrogens is 248 g/mol. The zero-order valence-corrected chi connectivity index (χ0v) is 16.5. The number of unbranched alkanes of at least 4 members (excludes halogenated alkanes) is 2. The van der Waals surface area contributed by atoms with Crippen LogP contribution in [0.2, 0.25) is 0 Å². The fourth-order valence-corrected chi connectivity index (χ4v) is 1.86. The van der Waals surface area contributed by atoms with Crippen LogP contribution in [0.15, 0.2) is 0 Å². The maximum absolute atomic E-state index is 4.51. The van der Waals surface area contributed by atoms with Crippen molar-refractivity contribution in [2.75, 3.05) is 26.2 Å². The Morgan fingerprint density at radius 1 is 0.682 bits per heavy atom. The standard InChI is InChI=1S/C16H32N2.4Li/c1-5-7-9-15(3)13-17-11-12-18-14-16(4)10-8-6-2;;;;/h15-16H,3-14H2,1-2H3;;;;/q-4;4*+1. The van der Waals surface area contributed by atoms with Crippen molar-refractivity contribution >= 4 is 0 Å². The Kier molecular flexibility index (Phi) is 45.3. The Bertz CT molecular complexity index is 156.